The van der Waals surface area contributed by atoms with Crippen molar-refractivity contribution in [3.63, 3.8) is 0 Å². The van der Waals surface area contributed by atoms with Gasteiger partial charge in [0.15, 0.2) is 0 Å². The molecule has 96 valence electrons. The van der Waals surface area contributed by atoms with Crippen molar-refractivity contribution in [2.24, 2.45) is 7.05 Å². The zero-order chi connectivity index (χ0) is 13.1. The number of aromatic nitrogens is 3. The Balaban J connectivity index is 2.27. The summed E-state index contributed by atoms with van der Waals surface area (Å²) in [6.45, 7) is 0. The van der Waals surface area contributed by atoms with Gasteiger partial charge in [-0.25, -0.2) is 8.78 Å². The van der Waals surface area contributed by atoms with Gasteiger partial charge >= 0.3 is 0 Å². The van der Waals surface area contributed by atoms with Crippen LogP contribution in [0.25, 0.3) is 0 Å². The van der Waals surface area contributed by atoms with E-state index in [-0.39, 0.29) is 6.42 Å². The number of halogens is 2. The van der Waals surface area contributed by atoms with Crippen LogP contribution in [0.2, 0.25) is 0 Å². The maximum atomic E-state index is 13.1. The summed E-state index contributed by atoms with van der Waals surface area (Å²) in [5.41, 5.74) is 6.63. The standard InChI is InChI=1S/C12H14F2N4/c1-18-7-16-17-11(18)6-10(12(13)14)8-3-2-4-9(15)5-8/h2-5,7,10,12H,6,15H2,1H3/t10-/m1/s1. The summed E-state index contributed by atoms with van der Waals surface area (Å²) in [6, 6.07) is 6.59. The number of benzene rings is 1. The third-order valence-corrected chi connectivity index (χ3v) is 2.85. The molecule has 1 aromatic carbocycles. The molecule has 2 aromatic rings. The van der Waals surface area contributed by atoms with Gasteiger partial charge in [0.05, 0.1) is 5.92 Å². The van der Waals surface area contributed by atoms with E-state index in [1.165, 1.54) is 6.33 Å². The first-order valence-electron chi connectivity index (χ1n) is 5.54. The highest BCUT2D eigenvalue weighted by Crippen LogP contribution is 2.27. The molecule has 0 bridgehead atoms. The molecule has 2 rings (SSSR count). The molecule has 18 heavy (non-hydrogen) atoms. The molecular weight excluding hydrogens is 238 g/mol. The lowest BCUT2D eigenvalue weighted by atomic mass is 9.95. The molecule has 0 saturated heterocycles. The Labute approximate surface area is 103 Å². The number of nitrogens with zero attached hydrogens (tertiary/aromatic N) is 3. The van der Waals surface area contributed by atoms with E-state index in [2.05, 4.69) is 10.2 Å². The molecular formula is C12H14F2N4. The summed E-state index contributed by atoms with van der Waals surface area (Å²) in [7, 11) is 1.73. The van der Waals surface area contributed by atoms with Crippen LogP contribution in [0.15, 0.2) is 30.6 Å². The van der Waals surface area contributed by atoms with Crippen LogP contribution in [0.3, 0.4) is 0 Å². The van der Waals surface area contributed by atoms with Crippen LogP contribution in [0.5, 0.6) is 0 Å². The second-order valence-corrected chi connectivity index (χ2v) is 4.17. The topological polar surface area (TPSA) is 56.7 Å². The van der Waals surface area contributed by atoms with E-state index in [4.69, 9.17) is 5.73 Å². The van der Waals surface area contributed by atoms with E-state index in [1.54, 1.807) is 35.9 Å². The van der Waals surface area contributed by atoms with Crippen molar-refractivity contribution in [2.75, 3.05) is 5.73 Å². The summed E-state index contributed by atoms with van der Waals surface area (Å²) in [6.07, 6.45) is -0.835. The normalized spacial score (nSPS) is 12.9. The van der Waals surface area contributed by atoms with Crippen LogP contribution in [-0.4, -0.2) is 21.2 Å². The van der Waals surface area contributed by atoms with Gasteiger partial charge in [0, 0.05) is 19.2 Å². The second-order valence-electron chi connectivity index (χ2n) is 4.17. The van der Waals surface area contributed by atoms with Gasteiger partial charge in [-0.05, 0) is 17.7 Å². The van der Waals surface area contributed by atoms with Crippen molar-refractivity contribution in [2.45, 2.75) is 18.8 Å². The van der Waals surface area contributed by atoms with Crippen molar-refractivity contribution < 1.29 is 8.78 Å². The molecule has 0 amide bonds. The van der Waals surface area contributed by atoms with Gasteiger partial charge in [-0.1, -0.05) is 12.1 Å². The molecule has 0 spiro atoms. The molecule has 2 N–H and O–H groups in total. The van der Waals surface area contributed by atoms with E-state index < -0.39 is 12.3 Å². The zero-order valence-electron chi connectivity index (χ0n) is 9.92. The van der Waals surface area contributed by atoms with Crippen LogP contribution in [0.4, 0.5) is 14.5 Å². The summed E-state index contributed by atoms with van der Waals surface area (Å²) in [5, 5.41) is 7.52. The summed E-state index contributed by atoms with van der Waals surface area (Å²) in [4.78, 5) is 0. The number of hydrogen-bond acceptors (Lipinski definition) is 3. The molecule has 0 radical (unpaired) electrons. The quantitative estimate of drug-likeness (QED) is 0.846. The minimum absolute atomic E-state index is 0.137. The third-order valence-electron chi connectivity index (χ3n) is 2.85. The van der Waals surface area contributed by atoms with Gasteiger partial charge in [0.25, 0.3) is 0 Å². The number of nitrogen functional groups attached to an aromatic ring is 1. The largest absolute Gasteiger partial charge is 0.399 e. The SMILES string of the molecule is Cn1cnnc1C[C@H](c1cccc(N)c1)C(F)F. The second kappa shape index (κ2) is 5.12. The van der Waals surface area contributed by atoms with Gasteiger partial charge in [0.1, 0.15) is 12.2 Å². The van der Waals surface area contributed by atoms with Crippen molar-refractivity contribution in [1.82, 2.24) is 14.8 Å². The molecule has 6 heteroatoms. The molecule has 1 atom stereocenters. The summed E-state index contributed by atoms with van der Waals surface area (Å²) < 4.78 is 27.9. The number of nitrogens with two attached hydrogens (primary N) is 1. The molecule has 0 fully saturated rings. The Morgan fingerprint density at radius 1 is 1.39 bits per heavy atom. The number of anilines is 1. The Bertz CT molecular complexity index is 524. The fourth-order valence-corrected chi connectivity index (χ4v) is 1.83. The molecule has 1 aromatic heterocycles. The lowest BCUT2D eigenvalue weighted by molar-refractivity contribution is 0.112. The lowest BCUT2D eigenvalue weighted by Gasteiger charge is -2.16. The number of hydrogen-bond donors (Lipinski definition) is 1. The van der Waals surface area contributed by atoms with Gasteiger partial charge in [0.2, 0.25) is 6.43 Å². The minimum atomic E-state index is -2.47. The van der Waals surface area contributed by atoms with E-state index in [0.717, 1.165) is 0 Å². The van der Waals surface area contributed by atoms with Crippen molar-refractivity contribution in [3.05, 3.63) is 42.0 Å². The van der Waals surface area contributed by atoms with Crippen molar-refractivity contribution in [1.29, 1.82) is 0 Å². The minimum Gasteiger partial charge on any atom is -0.399 e. The molecule has 0 saturated carbocycles. The average molecular weight is 252 g/mol. The third kappa shape index (κ3) is 2.64. The van der Waals surface area contributed by atoms with Crippen LogP contribution in [-0.2, 0) is 13.5 Å². The van der Waals surface area contributed by atoms with Crippen LogP contribution in [0.1, 0.15) is 17.3 Å². The van der Waals surface area contributed by atoms with E-state index >= 15 is 0 Å². The lowest BCUT2D eigenvalue weighted by Crippen LogP contribution is -2.15. The first kappa shape index (κ1) is 12.5. The van der Waals surface area contributed by atoms with Crippen LogP contribution in [0, 0.1) is 0 Å². The Morgan fingerprint density at radius 3 is 2.72 bits per heavy atom. The zero-order valence-corrected chi connectivity index (χ0v) is 9.92. The van der Waals surface area contributed by atoms with Crippen LogP contribution >= 0.6 is 0 Å². The van der Waals surface area contributed by atoms with Gasteiger partial charge in [-0.15, -0.1) is 10.2 Å². The maximum absolute atomic E-state index is 13.1. The van der Waals surface area contributed by atoms with Crippen LogP contribution < -0.4 is 5.73 Å². The van der Waals surface area contributed by atoms with Gasteiger partial charge in [-0.2, -0.15) is 0 Å². The molecule has 0 aliphatic heterocycles. The highest BCUT2D eigenvalue weighted by molar-refractivity contribution is 5.42. The average Bonchev–Trinajstić information content (AvgIpc) is 2.71. The Kier molecular flexibility index (Phi) is 3.55. The monoisotopic (exact) mass is 252 g/mol. The predicted molar refractivity (Wildman–Crippen MR) is 64.3 cm³/mol. The number of rotatable bonds is 4. The van der Waals surface area contributed by atoms with Crippen molar-refractivity contribution >= 4 is 5.69 Å². The van der Waals surface area contributed by atoms with Gasteiger partial charge in [-0.3, -0.25) is 0 Å². The fourth-order valence-electron chi connectivity index (χ4n) is 1.83. The predicted octanol–water partition coefficient (Wildman–Crippen LogP) is 1.99. The summed E-state index contributed by atoms with van der Waals surface area (Å²) in [5.74, 6) is -0.390. The van der Waals surface area contributed by atoms with E-state index in [1.807, 2.05) is 0 Å². The van der Waals surface area contributed by atoms with E-state index in [0.29, 0.717) is 17.1 Å². The Hall–Kier alpha value is -1.98. The smallest absolute Gasteiger partial charge is 0.245 e. The first-order valence-corrected chi connectivity index (χ1v) is 5.54. The first-order chi connectivity index (χ1) is 8.58. The highest BCUT2D eigenvalue weighted by Gasteiger charge is 2.24. The molecule has 0 aliphatic rings. The molecule has 0 unspecified atom stereocenters. The van der Waals surface area contributed by atoms with Gasteiger partial charge < -0.3 is 10.3 Å². The number of alkyl halides is 2. The summed E-state index contributed by atoms with van der Waals surface area (Å²) >= 11 is 0. The molecule has 0 aliphatic carbocycles. The maximum Gasteiger partial charge on any atom is 0.245 e. The van der Waals surface area contributed by atoms with Crippen molar-refractivity contribution in [3.8, 4) is 0 Å². The number of aryl methyl sites for hydroxylation is 1. The Morgan fingerprint density at radius 2 is 2.17 bits per heavy atom. The van der Waals surface area contributed by atoms with E-state index in [9.17, 15) is 8.78 Å². The molecule has 1 heterocycles. The fraction of sp³-hybridized carbons (Fsp3) is 0.333. The highest BCUT2D eigenvalue weighted by atomic mass is 19.3. The molecule has 4 nitrogen and oxygen atoms in total.